The summed E-state index contributed by atoms with van der Waals surface area (Å²) in [6.07, 6.45) is 2.61. The van der Waals surface area contributed by atoms with Gasteiger partial charge in [0.05, 0.1) is 12.2 Å². The normalized spacial score (nSPS) is 19.2. The van der Waals surface area contributed by atoms with Crippen molar-refractivity contribution in [3.05, 3.63) is 66.0 Å². The maximum absolute atomic E-state index is 12.7. The Labute approximate surface area is 153 Å². The highest BCUT2D eigenvalue weighted by atomic mass is 16.6. The monoisotopic (exact) mass is 353 g/mol. The molecule has 1 fully saturated rings. The maximum atomic E-state index is 12.7. The van der Waals surface area contributed by atoms with E-state index in [2.05, 4.69) is 10.3 Å². The minimum Gasteiger partial charge on any atom is -0.445 e. The lowest BCUT2D eigenvalue weighted by Crippen LogP contribution is -2.55. The van der Waals surface area contributed by atoms with Gasteiger partial charge < -0.3 is 10.1 Å². The molecule has 6 heteroatoms. The fraction of sp³-hybridized carbons (Fsp3) is 0.350. The van der Waals surface area contributed by atoms with Gasteiger partial charge in [-0.2, -0.15) is 0 Å². The average molecular weight is 353 g/mol. The summed E-state index contributed by atoms with van der Waals surface area (Å²) < 4.78 is 5.42. The van der Waals surface area contributed by atoms with Crippen LogP contribution in [0.1, 0.15) is 31.0 Å². The number of hydrogen-bond acceptors (Lipinski definition) is 4. The molecule has 0 bridgehead atoms. The van der Waals surface area contributed by atoms with Gasteiger partial charge in [-0.25, -0.2) is 4.79 Å². The van der Waals surface area contributed by atoms with Crippen molar-refractivity contribution in [2.75, 3.05) is 6.54 Å². The second-order valence-electron chi connectivity index (χ2n) is 6.57. The van der Waals surface area contributed by atoms with Crippen LogP contribution in [0.15, 0.2) is 54.7 Å². The van der Waals surface area contributed by atoms with Gasteiger partial charge in [0.25, 0.3) is 0 Å². The van der Waals surface area contributed by atoms with Gasteiger partial charge in [0.15, 0.2) is 0 Å². The van der Waals surface area contributed by atoms with Crippen LogP contribution in [0.3, 0.4) is 0 Å². The fourth-order valence-electron chi connectivity index (χ4n) is 3.15. The van der Waals surface area contributed by atoms with Crippen LogP contribution in [-0.4, -0.2) is 34.0 Å². The van der Waals surface area contributed by atoms with Gasteiger partial charge in [0.1, 0.15) is 12.1 Å². The highest BCUT2D eigenvalue weighted by Crippen LogP contribution is 2.30. The van der Waals surface area contributed by atoms with E-state index in [1.165, 1.54) is 4.90 Å². The van der Waals surface area contributed by atoms with Gasteiger partial charge in [-0.15, -0.1) is 0 Å². The van der Waals surface area contributed by atoms with Crippen molar-refractivity contribution in [3.8, 4) is 0 Å². The number of carbonyl (C=O) groups excluding carboxylic acids is 2. The van der Waals surface area contributed by atoms with Crippen LogP contribution in [0.5, 0.6) is 0 Å². The predicted octanol–water partition coefficient (Wildman–Crippen LogP) is 2.89. The number of ether oxygens (including phenoxy) is 1. The smallest absolute Gasteiger partial charge is 0.410 e. The average Bonchev–Trinajstić information content (AvgIpc) is 3.09. The summed E-state index contributed by atoms with van der Waals surface area (Å²) >= 11 is 0. The zero-order valence-corrected chi connectivity index (χ0v) is 14.9. The van der Waals surface area contributed by atoms with Gasteiger partial charge in [0.2, 0.25) is 5.91 Å². The number of hydrogen-bond donors (Lipinski definition) is 1. The molecule has 2 amide bonds. The van der Waals surface area contributed by atoms with Crippen molar-refractivity contribution in [1.82, 2.24) is 15.2 Å². The number of likely N-dealkylation sites (tertiary alicyclic amines) is 1. The molecule has 1 atom stereocenters. The summed E-state index contributed by atoms with van der Waals surface area (Å²) in [5.74, 6) is -0.183. The number of carbonyl (C=O) groups is 2. The molecule has 3 rings (SSSR count). The summed E-state index contributed by atoms with van der Waals surface area (Å²) in [4.78, 5) is 31.0. The first-order valence-electron chi connectivity index (χ1n) is 8.76. The van der Waals surface area contributed by atoms with E-state index in [0.29, 0.717) is 19.5 Å². The Morgan fingerprint density at radius 3 is 2.69 bits per heavy atom. The summed E-state index contributed by atoms with van der Waals surface area (Å²) in [6.45, 7) is 2.84. The topological polar surface area (TPSA) is 71.5 Å². The fourth-order valence-corrected chi connectivity index (χ4v) is 3.15. The molecule has 1 unspecified atom stereocenters. The zero-order chi connectivity index (χ0) is 18.4. The molecule has 0 aliphatic carbocycles. The quantitative estimate of drug-likeness (QED) is 0.897. The van der Waals surface area contributed by atoms with E-state index in [-0.39, 0.29) is 12.5 Å². The Bertz CT molecular complexity index is 751. The molecule has 2 aromatic rings. The first-order valence-corrected chi connectivity index (χ1v) is 8.76. The molecule has 1 aromatic heterocycles. The molecule has 0 radical (unpaired) electrons. The summed E-state index contributed by atoms with van der Waals surface area (Å²) in [5, 5.41) is 2.89. The van der Waals surface area contributed by atoms with E-state index >= 15 is 0 Å². The van der Waals surface area contributed by atoms with E-state index in [9.17, 15) is 9.59 Å². The Morgan fingerprint density at radius 1 is 1.19 bits per heavy atom. The third-order valence-electron chi connectivity index (χ3n) is 4.71. The number of pyridine rings is 1. The first-order chi connectivity index (χ1) is 12.6. The van der Waals surface area contributed by atoms with Gasteiger partial charge in [-0.1, -0.05) is 36.4 Å². The maximum Gasteiger partial charge on any atom is 0.410 e. The minimum atomic E-state index is -0.900. The molecule has 136 valence electrons. The van der Waals surface area contributed by atoms with Gasteiger partial charge in [-0.05, 0) is 37.5 Å². The second-order valence-corrected chi connectivity index (χ2v) is 6.57. The number of nitrogens with one attached hydrogen (secondary N) is 1. The number of amides is 2. The van der Waals surface area contributed by atoms with Crippen molar-refractivity contribution in [2.45, 2.75) is 38.5 Å². The Balaban J connectivity index is 1.59. The minimum absolute atomic E-state index is 0.183. The number of nitrogens with zero attached hydrogens (tertiary/aromatic N) is 2. The molecule has 1 saturated heterocycles. The lowest BCUT2D eigenvalue weighted by molar-refractivity contribution is -0.130. The largest absolute Gasteiger partial charge is 0.445 e. The van der Waals surface area contributed by atoms with E-state index in [0.717, 1.165) is 17.7 Å². The molecule has 1 N–H and O–H groups in total. The molecule has 26 heavy (non-hydrogen) atoms. The van der Waals surface area contributed by atoms with Crippen molar-refractivity contribution in [2.24, 2.45) is 0 Å². The summed E-state index contributed by atoms with van der Waals surface area (Å²) in [7, 11) is 0. The van der Waals surface area contributed by atoms with E-state index < -0.39 is 11.6 Å². The lowest BCUT2D eigenvalue weighted by atomic mass is 9.98. The standard InChI is InChI=1S/C20H23N3O3/c1-20(18(24)22-14-17-10-5-6-12-21-17)11-7-13-23(20)19(25)26-15-16-8-3-2-4-9-16/h2-6,8-10,12H,7,11,13-15H2,1H3,(H,22,24). The Kier molecular flexibility index (Phi) is 5.51. The molecule has 2 heterocycles. The predicted molar refractivity (Wildman–Crippen MR) is 97.1 cm³/mol. The molecule has 6 nitrogen and oxygen atoms in total. The van der Waals surface area contributed by atoms with Crippen LogP contribution in [0, 0.1) is 0 Å². The lowest BCUT2D eigenvalue weighted by Gasteiger charge is -2.33. The van der Waals surface area contributed by atoms with E-state index in [1.54, 1.807) is 13.1 Å². The second kappa shape index (κ2) is 7.99. The molecule has 1 aliphatic heterocycles. The van der Waals surface area contributed by atoms with Crippen molar-refractivity contribution < 1.29 is 14.3 Å². The number of rotatable bonds is 5. The first kappa shape index (κ1) is 17.9. The van der Waals surface area contributed by atoms with Crippen LogP contribution >= 0.6 is 0 Å². The van der Waals surface area contributed by atoms with Crippen molar-refractivity contribution >= 4 is 12.0 Å². The van der Waals surface area contributed by atoms with Gasteiger partial charge >= 0.3 is 6.09 Å². The Hall–Kier alpha value is -2.89. The third-order valence-corrected chi connectivity index (χ3v) is 4.71. The highest BCUT2D eigenvalue weighted by Gasteiger charge is 2.46. The number of aromatic nitrogens is 1. The molecule has 0 spiro atoms. The van der Waals surface area contributed by atoms with Gasteiger partial charge in [-0.3, -0.25) is 14.7 Å². The third kappa shape index (κ3) is 4.02. The van der Waals surface area contributed by atoms with E-state index in [1.807, 2.05) is 48.5 Å². The van der Waals surface area contributed by atoms with Crippen LogP contribution < -0.4 is 5.32 Å². The van der Waals surface area contributed by atoms with Crippen LogP contribution in [-0.2, 0) is 22.7 Å². The molecular formula is C20H23N3O3. The van der Waals surface area contributed by atoms with Crippen molar-refractivity contribution in [1.29, 1.82) is 0 Å². The SMILES string of the molecule is CC1(C(=O)NCc2ccccn2)CCCN1C(=O)OCc1ccccc1. The van der Waals surface area contributed by atoms with E-state index in [4.69, 9.17) is 4.74 Å². The highest BCUT2D eigenvalue weighted by molar-refractivity contribution is 5.90. The molecule has 1 aliphatic rings. The van der Waals surface area contributed by atoms with Crippen molar-refractivity contribution in [3.63, 3.8) is 0 Å². The molecular weight excluding hydrogens is 330 g/mol. The summed E-state index contributed by atoms with van der Waals surface area (Å²) in [6, 6.07) is 15.1. The molecule has 0 saturated carbocycles. The number of benzene rings is 1. The zero-order valence-electron chi connectivity index (χ0n) is 14.9. The summed E-state index contributed by atoms with van der Waals surface area (Å²) in [5.41, 5.74) is 0.796. The Morgan fingerprint density at radius 2 is 1.96 bits per heavy atom. The van der Waals surface area contributed by atoms with Gasteiger partial charge in [0, 0.05) is 12.7 Å². The van der Waals surface area contributed by atoms with Crippen LogP contribution in [0.4, 0.5) is 4.79 Å². The molecule has 1 aromatic carbocycles. The van der Waals surface area contributed by atoms with Crippen LogP contribution in [0.2, 0.25) is 0 Å². The van der Waals surface area contributed by atoms with Crippen LogP contribution in [0.25, 0.3) is 0 Å².